The lowest BCUT2D eigenvalue weighted by atomic mass is 9.91. The van der Waals surface area contributed by atoms with Crippen LogP contribution in [0.4, 0.5) is 13.6 Å². The highest BCUT2D eigenvalue weighted by Gasteiger charge is 2.29. The maximum Gasteiger partial charge on any atom is 0.387 e. The van der Waals surface area contributed by atoms with Crippen molar-refractivity contribution in [1.29, 1.82) is 5.26 Å². The lowest BCUT2D eigenvalue weighted by molar-refractivity contribution is -0.0497. The van der Waals surface area contributed by atoms with E-state index in [9.17, 15) is 18.8 Å². The van der Waals surface area contributed by atoms with Gasteiger partial charge in [0.25, 0.3) is 0 Å². The number of nitrogens with zero attached hydrogens (tertiary/aromatic N) is 2. The molecule has 3 aliphatic rings. The van der Waals surface area contributed by atoms with Crippen LogP contribution in [0.1, 0.15) is 68.7 Å². The lowest BCUT2D eigenvalue weighted by Crippen LogP contribution is -2.45. The molecule has 0 aliphatic heterocycles. The molecule has 1 atom stereocenters. The molecule has 34 heavy (non-hydrogen) atoms. The quantitative estimate of drug-likeness (QED) is 0.565. The van der Waals surface area contributed by atoms with Gasteiger partial charge in [0.1, 0.15) is 11.8 Å². The molecule has 0 bridgehead atoms. The van der Waals surface area contributed by atoms with Crippen LogP contribution in [0.5, 0.6) is 5.75 Å². The van der Waals surface area contributed by atoms with E-state index in [-0.39, 0.29) is 29.9 Å². The molecule has 3 aliphatic carbocycles. The number of carbonyl (C=O) groups excluding carboxylic acids is 1. The van der Waals surface area contributed by atoms with Crippen molar-refractivity contribution in [2.75, 3.05) is 0 Å². The summed E-state index contributed by atoms with van der Waals surface area (Å²) in [5.41, 5.74) is 2.98. The largest absolute Gasteiger partial charge is 0.435 e. The number of benzene rings is 1. The molecule has 2 N–H and O–H groups in total. The van der Waals surface area contributed by atoms with Crippen LogP contribution in [0, 0.1) is 11.3 Å². The number of carbonyl (C=O) groups is 1. The standard InChI is InChI=1S/C26H28F2N4O2/c27-25(28)34-20-12-13-21-22(15-29)24(32(23(21)14-20)19-6-3-7-19)16-8-10-18(11-9-16)31-26(33)30-17-4-1-2-5-17/h8-10,12-14,17-19,25H,1-7,11H2,(H2,30,31,33). The first-order chi connectivity index (χ1) is 16.5. The number of rotatable bonds is 6. The average Bonchev–Trinajstić information content (AvgIpc) is 3.39. The SMILES string of the molecule is N#Cc1c(C2=CCC(NC(=O)NC3CCCC3)C=C2)n(C2CCC2)c2cc(OC(F)F)ccc12. The lowest BCUT2D eigenvalue weighted by Gasteiger charge is -2.31. The van der Waals surface area contributed by atoms with E-state index in [2.05, 4.69) is 26.0 Å². The van der Waals surface area contributed by atoms with E-state index in [0.29, 0.717) is 12.0 Å². The Morgan fingerprint density at radius 1 is 1.15 bits per heavy atom. The van der Waals surface area contributed by atoms with E-state index in [1.807, 2.05) is 18.2 Å². The predicted molar refractivity (Wildman–Crippen MR) is 126 cm³/mol. The Labute approximate surface area is 197 Å². The Morgan fingerprint density at radius 3 is 2.56 bits per heavy atom. The number of hydrogen-bond donors (Lipinski definition) is 2. The zero-order valence-corrected chi connectivity index (χ0v) is 18.9. The molecule has 0 saturated heterocycles. The number of nitrogens with one attached hydrogen (secondary N) is 2. The van der Waals surface area contributed by atoms with Crippen LogP contribution in [-0.4, -0.2) is 29.3 Å². The highest BCUT2D eigenvalue weighted by Crippen LogP contribution is 2.42. The molecule has 1 unspecified atom stereocenters. The van der Waals surface area contributed by atoms with Crippen molar-refractivity contribution >= 4 is 22.5 Å². The molecule has 178 valence electrons. The van der Waals surface area contributed by atoms with Gasteiger partial charge in [-0.1, -0.05) is 31.1 Å². The first-order valence-corrected chi connectivity index (χ1v) is 12.0. The van der Waals surface area contributed by atoms with E-state index >= 15 is 0 Å². The molecule has 8 heteroatoms. The Balaban J connectivity index is 1.42. The molecular formula is C26H28F2N4O2. The van der Waals surface area contributed by atoms with Gasteiger partial charge in [0.15, 0.2) is 0 Å². The highest BCUT2D eigenvalue weighted by molar-refractivity contribution is 5.95. The van der Waals surface area contributed by atoms with Gasteiger partial charge in [-0.05, 0) is 56.2 Å². The van der Waals surface area contributed by atoms with Gasteiger partial charge in [0.2, 0.25) is 0 Å². The van der Waals surface area contributed by atoms with Gasteiger partial charge in [-0.25, -0.2) is 4.79 Å². The van der Waals surface area contributed by atoms with E-state index in [0.717, 1.165) is 67.1 Å². The van der Waals surface area contributed by atoms with Gasteiger partial charge in [-0.2, -0.15) is 14.0 Å². The van der Waals surface area contributed by atoms with E-state index < -0.39 is 6.61 Å². The summed E-state index contributed by atoms with van der Waals surface area (Å²) in [5.74, 6) is 0.0855. The summed E-state index contributed by atoms with van der Waals surface area (Å²) >= 11 is 0. The third-order valence-electron chi connectivity index (χ3n) is 7.13. The number of amides is 2. The van der Waals surface area contributed by atoms with Crippen molar-refractivity contribution in [3.8, 4) is 11.8 Å². The molecule has 6 nitrogen and oxygen atoms in total. The number of aromatic nitrogens is 1. The summed E-state index contributed by atoms with van der Waals surface area (Å²) in [5, 5.41) is 16.8. The normalized spacial score (nSPS) is 20.8. The van der Waals surface area contributed by atoms with E-state index in [1.165, 1.54) is 6.07 Å². The zero-order chi connectivity index (χ0) is 23.7. The Kier molecular flexibility index (Phi) is 6.27. The molecule has 2 aromatic rings. The number of ether oxygens (including phenoxy) is 1. The summed E-state index contributed by atoms with van der Waals surface area (Å²) < 4.78 is 32.4. The van der Waals surface area contributed by atoms with Gasteiger partial charge in [-0.15, -0.1) is 0 Å². The number of urea groups is 1. The number of hydrogen-bond acceptors (Lipinski definition) is 3. The van der Waals surface area contributed by atoms with Gasteiger partial charge >= 0.3 is 12.6 Å². The maximum absolute atomic E-state index is 12.8. The minimum absolute atomic E-state index is 0.0855. The molecule has 0 spiro atoms. The Bertz CT molecular complexity index is 1180. The molecular weight excluding hydrogens is 438 g/mol. The summed E-state index contributed by atoms with van der Waals surface area (Å²) in [7, 11) is 0. The fourth-order valence-corrected chi connectivity index (χ4v) is 5.26. The number of halogens is 2. The van der Waals surface area contributed by atoms with Gasteiger partial charge < -0.3 is 19.9 Å². The second-order valence-electron chi connectivity index (χ2n) is 9.31. The van der Waals surface area contributed by atoms with Crippen LogP contribution in [0.2, 0.25) is 0 Å². The summed E-state index contributed by atoms with van der Waals surface area (Å²) in [6.45, 7) is -2.90. The van der Waals surface area contributed by atoms with Crippen molar-refractivity contribution < 1.29 is 18.3 Å². The minimum Gasteiger partial charge on any atom is -0.435 e. The Morgan fingerprint density at radius 2 is 1.94 bits per heavy atom. The molecule has 2 saturated carbocycles. The predicted octanol–water partition coefficient (Wildman–Crippen LogP) is 5.79. The van der Waals surface area contributed by atoms with Gasteiger partial charge in [0.05, 0.1) is 22.8 Å². The molecule has 1 heterocycles. The third kappa shape index (κ3) is 4.39. The molecule has 2 amide bonds. The molecule has 1 aromatic heterocycles. The zero-order valence-electron chi connectivity index (χ0n) is 18.9. The van der Waals surface area contributed by atoms with E-state index in [1.54, 1.807) is 12.1 Å². The first-order valence-electron chi connectivity index (χ1n) is 12.0. The number of alkyl halides is 2. The monoisotopic (exact) mass is 466 g/mol. The van der Waals surface area contributed by atoms with Crippen LogP contribution < -0.4 is 15.4 Å². The van der Waals surface area contributed by atoms with E-state index in [4.69, 9.17) is 0 Å². The van der Waals surface area contributed by atoms with Crippen molar-refractivity contribution in [3.63, 3.8) is 0 Å². The molecule has 2 fully saturated rings. The van der Waals surface area contributed by atoms with Crippen molar-refractivity contribution in [2.24, 2.45) is 0 Å². The molecule has 0 radical (unpaired) electrons. The Hall–Kier alpha value is -3.34. The number of nitriles is 1. The van der Waals surface area contributed by atoms with Crippen LogP contribution in [0.25, 0.3) is 16.5 Å². The van der Waals surface area contributed by atoms with Crippen LogP contribution in [0.3, 0.4) is 0 Å². The second kappa shape index (κ2) is 9.49. The number of allylic oxidation sites excluding steroid dienone is 2. The summed E-state index contributed by atoms with van der Waals surface area (Å²) in [6.07, 6.45) is 14.0. The average molecular weight is 467 g/mol. The summed E-state index contributed by atoms with van der Waals surface area (Å²) in [4.78, 5) is 12.3. The van der Waals surface area contributed by atoms with Gasteiger partial charge in [0, 0.05) is 23.5 Å². The van der Waals surface area contributed by atoms with Gasteiger partial charge in [-0.3, -0.25) is 0 Å². The van der Waals surface area contributed by atoms with Crippen molar-refractivity contribution in [1.82, 2.24) is 15.2 Å². The number of fused-ring (bicyclic) bond motifs is 1. The fourth-order valence-electron chi connectivity index (χ4n) is 5.26. The third-order valence-corrected chi connectivity index (χ3v) is 7.13. The summed E-state index contributed by atoms with van der Waals surface area (Å²) in [6, 6.07) is 7.32. The highest BCUT2D eigenvalue weighted by atomic mass is 19.3. The fraction of sp³-hybridized carbons (Fsp3) is 0.462. The van der Waals surface area contributed by atoms with Crippen LogP contribution in [0.15, 0.2) is 36.4 Å². The minimum atomic E-state index is -2.90. The van der Waals surface area contributed by atoms with Crippen molar-refractivity contribution in [2.45, 2.75) is 76.1 Å². The van der Waals surface area contributed by atoms with Crippen LogP contribution in [-0.2, 0) is 0 Å². The smallest absolute Gasteiger partial charge is 0.387 e. The van der Waals surface area contributed by atoms with Crippen LogP contribution >= 0.6 is 0 Å². The topological polar surface area (TPSA) is 79.1 Å². The maximum atomic E-state index is 12.8. The molecule has 5 rings (SSSR count). The van der Waals surface area contributed by atoms with Crippen molar-refractivity contribution in [3.05, 3.63) is 47.7 Å². The molecule has 1 aromatic carbocycles. The second-order valence-corrected chi connectivity index (χ2v) is 9.31. The first kappa shape index (κ1) is 22.5.